The Labute approximate surface area is 213 Å². The third-order valence-electron chi connectivity index (χ3n) is 8.17. The molecule has 2 amide bonds. The number of carbonyl (C=O) groups excluding carboxylic acids is 2. The molecule has 2 aromatic carbocycles. The molecule has 1 N–H and O–H groups in total. The average Bonchev–Trinajstić information content (AvgIpc) is 3.20. The molecule has 1 aliphatic heterocycles. The zero-order chi connectivity index (χ0) is 25.4. The van der Waals surface area contributed by atoms with Crippen LogP contribution in [0, 0.1) is 13.8 Å². The summed E-state index contributed by atoms with van der Waals surface area (Å²) >= 11 is 0. The van der Waals surface area contributed by atoms with Gasteiger partial charge in [-0.3, -0.25) is 14.5 Å². The van der Waals surface area contributed by atoms with Crippen LogP contribution in [0.15, 0.2) is 42.5 Å². The highest BCUT2D eigenvalue weighted by molar-refractivity contribution is 6.14. The van der Waals surface area contributed by atoms with Gasteiger partial charge in [0, 0.05) is 23.2 Å². The SMILES string of the molecule is COc1ccc2cc3n(c2c1)C[C@](C)(C(=O)NC1CCCCCCC1)N(c1ccc(C)c(C)c1)C3=O. The Balaban J connectivity index is 1.60. The van der Waals surface area contributed by atoms with Gasteiger partial charge in [-0.1, -0.05) is 38.2 Å². The minimum absolute atomic E-state index is 0.0879. The molecule has 1 atom stereocenters. The van der Waals surface area contributed by atoms with Crippen molar-refractivity contribution in [3.8, 4) is 5.75 Å². The number of amides is 2. The number of carbonyl (C=O) groups is 2. The van der Waals surface area contributed by atoms with Crippen molar-refractivity contribution < 1.29 is 14.3 Å². The number of methoxy groups -OCH3 is 1. The summed E-state index contributed by atoms with van der Waals surface area (Å²) in [5.41, 5.74) is 3.43. The second-order valence-electron chi connectivity index (χ2n) is 10.7. The second kappa shape index (κ2) is 9.64. The fourth-order valence-corrected chi connectivity index (χ4v) is 5.81. The molecule has 6 nitrogen and oxygen atoms in total. The Hall–Kier alpha value is -3.28. The second-order valence-corrected chi connectivity index (χ2v) is 10.7. The van der Waals surface area contributed by atoms with Crippen LogP contribution in [0.3, 0.4) is 0 Å². The van der Waals surface area contributed by atoms with E-state index in [-0.39, 0.29) is 17.9 Å². The van der Waals surface area contributed by atoms with Gasteiger partial charge in [-0.2, -0.15) is 0 Å². The summed E-state index contributed by atoms with van der Waals surface area (Å²) in [4.78, 5) is 30.0. The first kappa shape index (κ1) is 24.4. The lowest BCUT2D eigenvalue weighted by Gasteiger charge is -2.44. The maximum Gasteiger partial charge on any atom is 0.275 e. The molecule has 190 valence electrons. The number of rotatable bonds is 4. The van der Waals surface area contributed by atoms with Gasteiger partial charge in [-0.15, -0.1) is 0 Å². The van der Waals surface area contributed by atoms with E-state index < -0.39 is 5.54 Å². The maximum absolute atomic E-state index is 14.1. The topological polar surface area (TPSA) is 63.6 Å². The first-order chi connectivity index (χ1) is 17.3. The molecule has 5 rings (SSSR count). The lowest BCUT2D eigenvalue weighted by atomic mass is 9.91. The number of benzene rings is 2. The van der Waals surface area contributed by atoms with Crippen molar-refractivity contribution >= 4 is 28.4 Å². The Morgan fingerprint density at radius 2 is 1.69 bits per heavy atom. The van der Waals surface area contributed by atoms with E-state index >= 15 is 0 Å². The normalized spacial score (nSPS) is 21.1. The van der Waals surface area contributed by atoms with Crippen LogP contribution < -0.4 is 15.0 Å². The van der Waals surface area contributed by atoms with Crippen molar-refractivity contribution in [1.82, 2.24) is 9.88 Å². The van der Waals surface area contributed by atoms with Crippen molar-refractivity contribution in [3.05, 3.63) is 59.3 Å². The Morgan fingerprint density at radius 1 is 0.972 bits per heavy atom. The third kappa shape index (κ3) is 4.27. The summed E-state index contributed by atoms with van der Waals surface area (Å²) in [6.45, 7) is 6.38. The maximum atomic E-state index is 14.1. The lowest BCUT2D eigenvalue weighted by Crippen LogP contribution is -2.65. The first-order valence-electron chi connectivity index (χ1n) is 13.2. The van der Waals surface area contributed by atoms with Crippen LogP contribution >= 0.6 is 0 Å². The molecule has 1 fully saturated rings. The molecule has 1 aromatic heterocycles. The van der Waals surface area contributed by atoms with E-state index in [0.717, 1.165) is 59.2 Å². The molecule has 6 heteroatoms. The first-order valence-corrected chi connectivity index (χ1v) is 13.2. The molecule has 0 bridgehead atoms. The monoisotopic (exact) mass is 487 g/mol. The van der Waals surface area contributed by atoms with Crippen molar-refractivity contribution in [2.45, 2.75) is 83.8 Å². The smallest absolute Gasteiger partial charge is 0.275 e. The number of hydrogen-bond donors (Lipinski definition) is 1. The van der Waals surface area contributed by atoms with Crippen LogP contribution in [-0.2, 0) is 11.3 Å². The molecule has 1 aliphatic carbocycles. The molecule has 0 radical (unpaired) electrons. The molecule has 36 heavy (non-hydrogen) atoms. The van der Waals surface area contributed by atoms with E-state index in [2.05, 4.69) is 12.2 Å². The van der Waals surface area contributed by atoms with Crippen molar-refractivity contribution in [2.75, 3.05) is 12.0 Å². The van der Waals surface area contributed by atoms with Gasteiger partial charge in [0.15, 0.2) is 0 Å². The predicted molar refractivity (Wildman–Crippen MR) is 144 cm³/mol. The quantitative estimate of drug-likeness (QED) is 0.497. The third-order valence-corrected chi connectivity index (χ3v) is 8.17. The minimum Gasteiger partial charge on any atom is -0.497 e. The summed E-state index contributed by atoms with van der Waals surface area (Å²) in [5, 5.41) is 4.33. The fourth-order valence-electron chi connectivity index (χ4n) is 5.81. The van der Waals surface area contributed by atoms with Crippen molar-refractivity contribution in [2.24, 2.45) is 0 Å². The summed E-state index contributed by atoms with van der Waals surface area (Å²) in [6, 6.07) is 13.9. The largest absolute Gasteiger partial charge is 0.497 e. The number of nitrogens with one attached hydrogen (secondary N) is 1. The van der Waals surface area contributed by atoms with Gasteiger partial charge in [0.2, 0.25) is 5.91 Å². The van der Waals surface area contributed by atoms with Crippen LogP contribution in [0.1, 0.15) is 73.5 Å². The van der Waals surface area contributed by atoms with Crippen LogP contribution in [0.5, 0.6) is 5.75 Å². The summed E-state index contributed by atoms with van der Waals surface area (Å²) in [6.07, 6.45) is 7.97. The van der Waals surface area contributed by atoms with Gasteiger partial charge in [0.25, 0.3) is 5.91 Å². The van der Waals surface area contributed by atoms with Gasteiger partial charge < -0.3 is 14.6 Å². The zero-order valence-corrected chi connectivity index (χ0v) is 21.9. The number of ether oxygens (including phenoxy) is 1. The Bertz CT molecular complexity index is 1300. The highest BCUT2D eigenvalue weighted by atomic mass is 16.5. The van der Waals surface area contributed by atoms with Crippen LogP contribution in [-0.4, -0.2) is 35.1 Å². The summed E-state index contributed by atoms with van der Waals surface area (Å²) < 4.78 is 7.45. The minimum atomic E-state index is -1.08. The average molecular weight is 488 g/mol. The van der Waals surface area contributed by atoms with Crippen LogP contribution in [0.2, 0.25) is 0 Å². The molecule has 0 spiro atoms. The van der Waals surface area contributed by atoms with Gasteiger partial charge >= 0.3 is 0 Å². The summed E-state index contributed by atoms with van der Waals surface area (Å²) in [5.74, 6) is 0.484. The summed E-state index contributed by atoms with van der Waals surface area (Å²) in [7, 11) is 1.64. The van der Waals surface area contributed by atoms with Crippen molar-refractivity contribution in [3.63, 3.8) is 0 Å². The van der Waals surface area contributed by atoms with Crippen molar-refractivity contribution in [1.29, 1.82) is 0 Å². The zero-order valence-electron chi connectivity index (χ0n) is 21.9. The molecule has 1 saturated carbocycles. The van der Waals surface area contributed by atoms with E-state index in [9.17, 15) is 9.59 Å². The van der Waals surface area contributed by atoms with E-state index in [1.165, 1.54) is 19.3 Å². The van der Waals surface area contributed by atoms with Gasteiger partial charge in [-0.05, 0) is 75.1 Å². The van der Waals surface area contributed by atoms with Crippen LogP contribution in [0.25, 0.3) is 10.9 Å². The fraction of sp³-hybridized carbons (Fsp3) is 0.467. The number of hydrogen-bond acceptors (Lipinski definition) is 3. The van der Waals surface area contributed by atoms with Gasteiger partial charge in [0.1, 0.15) is 17.0 Å². The number of fused-ring (bicyclic) bond motifs is 3. The van der Waals surface area contributed by atoms with Crippen LogP contribution in [0.4, 0.5) is 5.69 Å². The van der Waals surface area contributed by atoms with Gasteiger partial charge in [-0.25, -0.2) is 0 Å². The van der Waals surface area contributed by atoms with E-state index in [1.54, 1.807) is 12.0 Å². The molecular weight excluding hydrogens is 450 g/mol. The highest BCUT2D eigenvalue weighted by Gasteiger charge is 2.49. The number of aryl methyl sites for hydroxylation is 2. The molecule has 2 heterocycles. The lowest BCUT2D eigenvalue weighted by molar-refractivity contribution is -0.127. The number of anilines is 1. The Morgan fingerprint density at radius 3 is 2.39 bits per heavy atom. The predicted octanol–water partition coefficient (Wildman–Crippen LogP) is 5.91. The highest BCUT2D eigenvalue weighted by Crippen LogP contribution is 2.37. The van der Waals surface area contributed by atoms with E-state index in [1.807, 2.05) is 60.9 Å². The molecular formula is C30H37N3O3. The van der Waals surface area contributed by atoms with E-state index in [4.69, 9.17) is 4.74 Å². The van der Waals surface area contributed by atoms with Gasteiger partial charge in [0.05, 0.1) is 19.2 Å². The van der Waals surface area contributed by atoms with E-state index in [0.29, 0.717) is 12.2 Å². The molecule has 0 unspecified atom stereocenters. The Kier molecular flexibility index (Phi) is 6.54. The molecule has 0 saturated heterocycles. The molecule has 3 aromatic rings. The standard InChI is InChI=1S/C30H37N3O3/c1-20-12-14-24(16-21(20)2)33-28(34)27-17-22-13-15-25(36-4)18-26(22)32(27)19-30(33,3)29(35)31-23-10-8-6-5-7-9-11-23/h12-18,23H,5-11,19H2,1-4H3,(H,31,35)/t30-/m1/s1. The number of nitrogens with zero attached hydrogens (tertiary/aromatic N) is 2. The molecule has 2 aliphatic rings. The number of aromatic nitrogens is 1.